The molecule has 15 heavy (non-hydrogen) atoms. The number of ether oxygens (including phenoxy) is 1. The van der Waals surface area contributed by atoms with Gasteiger partial charge in [-0.1, -0.05) is 0 Å². The van der Waals surface area contributed by atoms with E-state index in [0.29, 0.717) is 5.82 Å². The quantitative estimate of drug-likeness (QED) is 0.574. The summed E-state index contributed by atoms with van der Waals surface area (Å²) >= 11 is 0. The van der Waals surface area contributed by atoms with E-state index >= 15 is 0 Å². The molecule has 82 valence electrons. The van der Waals surface area contributed by atoms with Gasteiger partial charge in [-0.25, -0.2) is 15.8 Å². The van der Waals surface area contributed by atoms with Gasteiger partial charge in [0.05, 0.1) is 0 Å². The van der Waals surface area contributed by atoms with Crippen LogP contribution in [0, 0.1) is 6.92 Å². The van der Waals surface area contributed by atoms with E-state index in [2.05, 4.69) is 15.4 Å². The molecule has 1 saturated carbocycles. The fraction of sp³-hybridized carbons (Fsp3) is 0.600. The Morgan fingerprint density at radius 3 is 2.67 bits per heavy atom. The number of anilines is 1. The molecule has 3 N–H and O–H groups in total. The summed E-state index contributed by atoms with van der Waals surface area (Å²) in [6, 6.07) is 1.81. The molecule has 0 aromatic carbocycles. The largest absolute Gasteiger partial charge is 0.370 e. The van der Waals surface area contributed by atoms with Crippen LogP contribution in [0.25, 0.3) is 0 Å². The molecule has 0 bridgehead atoms. The maximum absolute atomic E-state index is 5.52. The van der Waals surface area contributed by atoms with Crippen LogP contribution in [-0.2, 0) is 10.3 Å². The summed E-state index contributed by atoms with van der Waals surface area (Å²) in [6.45, 7) is 1.92. The van der Waals surface area contributed by atoms with Gasteiger partial charge in [-0.15, -0.1) is 0 Å². The van der Waals surface area contributed by atoms with Crippen LogP contribution in [0.4, 0.5) is 5.82 Å². The second-order valence-corrected chi connectivity index (χ2v) is 3.91. The Balaban J connectivity index is 2.38. The number of nitrogens with zero attached hydrogens (tertiary/aromatic N) is 2. The first kappa shape index (κ1) is 10.3. The molecule has 0 saturated heterocycles. The zero-order chi connectivity index (χ0) is 10.9. The van der Waals surface area contributed by atoms with Crippen molar-refractivity contribution in [3.63, 3.8) is 0 Å². The van der Waals surface area contributed by atoms with Crippen molar-refractivity contribution in [1.82, 2.24) is 9.97 Å². The van der Waals surface area contributed by atoms with Crippen LogP contribution in [0.15, 0.2) is 6.07 Å². The number of hydrogen-bond acceptors (Lipinski definition) is 5. The van der Waals surface area contributed by atoms with E-state index in [0.717, 1.165) is 30.8 Å². The predicted molar refractivity (Wildman–Crippen MR) is 57.1 cm³/mol. The lowest BCUT2D eigenvalue weighted by atomic mass is 9.79. The zero-order valence-corrected chi connectivity index (χ0v) is 9.08. The summed E-state index contributed by atoms with van der Waals surface area (Å²) in [6.07, 6.45) is 3.13. The van der Waals surface area contributed by atoms with Gasteiger partial charge in [0, 0.05) is 18.9 Å². The van der Waals surface area contributed by atoms with Crippen LogP contribution in [0.1, 0.15) is 30.8 Å². The third kappa shape index (κ3) is 1.68. The lowest BCUT2D eigenvalue weighted by Gasteiger charge is -2.38. The first-order chi connectivity index (χ1) is 7.20. The van der Waals surface area contributed by atoms with Gasteiger partial charge in [-0.2, -0.15) is 0 Å². The minimum Gasteiger partial charge on any atom is -0.370 e. The molecule has 1 aromatic heterocycles. The van der Waals surface area contributed by atoms with E-state index in [1.165, 1.54) is 0 Å². The summed E-state index contributed by atoms with van der Waals surface area (Å²) in [5.74, 6) is 6.73. The molecule has 1 heterocycles. The van der Waals surface area contributed by atoms with E-state index < -0.39 is 0 Å². The Hall–Kier alpha value is -1.20. The molecular formula is C10H16N4O. The van der Waals surface area contributed by atoms with E-state index in [1.54, 1.807) is 7.11 Å². The van der Waals surface area contributed by atoms with Crippen molar-refractivity contribution in [2.24, 2.45) is 5.84 Å². The highest BCUT2D eigenvalue weighted by atomic mass is 16.5. The van der Waals surface area contributed by atoms with Crippen LogP contribution in [0.2, 0.25) is 0 Å². The van der Waals surface area contributed by atoms with Crippen molar-refractivity contribution in [2.75, 3.05) is 12.5 Å². The average molecular weight is 208 g/mol. The Kier molecular flexibility index (Phi) is 2.58. The molecule has 1 aliphatic rings. The molecule has 0 aliphatic heterocycles. The van der Waals surface area contributed by atoms with E-state index in [1.807, 2.05) is 13.0 Å². The average Bonchev–Trinajstić information content (AvgIpc) is 2.16. The normalized spacial score (nSPS) is 18.3. The first-order valence-electron chi connectivity index (χ1n) is 5.08. The highest BCUT2D eigenvalue weighted by Gasteiger charge is 2.41. The molecule has 0 unspecified atom stereocenters. The fourth-order valence-corrected chi connectivity index (χ4v) is 1.86. The van der Waals surface area contributed by atoms with Crippen LogP contribution >= 0.6 is 0 Å². The van der Waals surface area contributed by atoms with Crippen LogP contribution in [0.3, 0.4) is 0 Å². The van der Waals surface area contributed by atoms with Crippen molar-refractivity contribution in [2.45, 2.75) is 31.8 Å². The zero-order valence-electron chi connectivity index (χ0n) is 9.08. The number of nitrogens with two attached hydrogens (primary N) is 1. The van der Waals surface area contributed by atoms with Gasteiger partial charge in [0.25, 0.3) is 0 Å². The summed E-state index contributed by atoms with van der Waals surface area (Å²) in [7, 11) is 1.71. The Bertz CT molecular complexity index is 357. The van der Waals surface area contributed by atoms with Crippen LogP contribution in [-0.4, -0.2) is 17.1 Å². The third-order valence-corrected chi connectivity index (χ3v) is 2.96. The molecule has 0 radical (unpaired) electrons. The number of nitrogens with one attached hydrogen (secondary N) is 1. The maximum Gasteiger partial charge on any atom is 0.162 e. The number of nitrogen functional groups attached to an aromatic ring is 1. The lowest BCUT2D eigenvalue weighted by molar-refractivity contribution is -0.0846. The van der Waals surface area contributed by atoms with Crippen LogP contribution < -0.4 is 11.3 Å². The highest BCUT2D eigenvalue weighted by molar-refractivity contribution is 5.35. The highest BCUT2D eigenvalue weighted by Crippen LogP contribution is 2.42. The van der Waals surface area contributed by atoms with Gasteiger partial charge in [-0.3, -0.25) is 0 Å². The molecule has 1 fully saturated rings. The second kappa shape index (κ2) is 3.75. The van der Waals surface area contributed by atoms with E-state index in [4.69, 9.17) is 10.6 Å². The molecule has 0 spiro atoms. The van der Waals surface area contributed by atoms with Gasteiger partial charge >= 0.3 is 0 Å². The molecule has 5 heteroatoms. The Labute approximate surface area is 89.0 Å². The smallest absolute Gasteiger partial charge is 0.162 e. The lowest BCUT2D eigenvalue weighted by Crippen LogP contribution is -2.38. The number of methoxy groups -OCH3 is 1. The monoisotopic (exact) mass is 208 g/mol. The molecule has 2 rings (SSSR count). The van der Waals surface area contributed by atoms with Gasteiger partial charge in [0.15, 0.2) is 5.82 Å². The van der Waals surface area contributed by atoms with Gasteiger partial charge in [-0.05, 0) is 26.2 Å². The van der Waals surface area contributed by atoms with Crippen molar-refractivity contribution >= 4 is 5.82 Å². The maximum atomic E-state index is 5.52. The molecule has 1 aliphatic carbocycles. The number of hydrogen-bond donors (Lipinski definition) is 2. The minimum absolute atomic E-state index is 0.280. The molecule has 1 aromatic rings. The van der Waals surface area contributed by atoms with Gasteiger partial charge < -0.3 is 10.2 Å². The standard InChI is InChI=1S/C10H16N4O/c1-7-6-8(14-11)13-9(12-7)10(15-2)4-3-5-10/h6H,3-5,11H2,1-2H3,(H,12,13,14). The second-order valence-electron chi connectivity index (χ2n) is 3.91. The molecule has 0 atom stereocenters. The van der Waals surface area contributed by atoms with Gasteiger partial charge in [0.2, 0.25) is 0 Å². The third-order valence-electron chi connectivity index (χ3n) is 2.96. The molecule has 5 nitrogen and oxygen atoms in total. The summed E-state index contributed by atoms with van der Waals surface area (Å²) in [5, 5.41) is 0. The number of hydrazine groups is 1. The van der Waals surface area contributed by atoms with E-state index in [9.17, 15) is 0 Å². The topological polar surface area (TPSA) is 73.1 Å². The van der Waals surface area contributed by atoms with Crippen molar-refractivity contribution in [1.29, 1.82) is 0 Å². The first-order valence-corrected chi connectivity index (χ1v) is 5.08. The molecule has 0 amide bonds. The minimum atomic E-state index is -0.280. The Morgan fingerprint density at radius 1 is 1.47 bits per heavy atom. The summed E-state index contributed by atoms with van der Waals surface area (Å²) in [4.78, 5) is 8.76. The SMILES string of the molecule is COC1(c2nc(C)cc(NN)n2)CCC1. The fourth-order valence-electron chi connectivity index (χ4n) is 1.86. The van der Waals surface area contributed by atoms with Crippen molar-refractivity contribution in [3.05, 3.63) is 17.6 Å². The number of rotatable bonds is 3. The summed E-state index contributed by atoms with van der Waals surface area (Å²) in [5.41, 5.74) is 3.17. The van der Waals surface area contributed by atoms with Crippen LogP contribution in [0.5, 0.6) is 0 Å². The number of aryl methyl sites for hydroxylation is 1. The summed E-state index contributed by atoms with van der Waals surface area (Å²) < 4.78 is 5.52. The Morgan fingerprint density at radius 2 is 2.20 bits per heavy atom. The predicted octanol–water partition coefficient (Wildman–Crippen LogP) is 1.10. The van der Waals surface area contributed by atoms with Gasteiger partial charge in [0.1, 0.15) is 11.4 Å². The van der Waals surface area contributed by atoms with E-state index in [-0.39, 0.29) is 5.60 Å². The molecular weight excluding hydrogens is 192 g/mol. The van der Waals surface area contributed by atoms with Crippen molar-refractivity contribution in [3.8, 4) is 0 Å². The van der Waals surface area contributed by atoms with Crippen molar-refractivity contribution < 1.29 is 4.74 Å². The number of aromatic nitrogens is 2.